The van der Waals surface area contributed by atoms with Crippen molar-refractivity contribution in [1.82, 2.24) is 20.4 Å². The first-order chi connectivity index (χ1) is 11.3. The minimum absolute atomic E-state index is 0.0706. The van der Waals surface area contributed by atoms with Crippen LogP contribution in [0.4, 0.5) is 9.59 Å². The number of nitrogens with zero attached hydrogens (tertiary/aromatic N) is 2. The predicted molar refractivity (Wildman–Crippen MR) is 88.9 cm³/mol. The van der Waals surface area contributed by atoms with Gasteiger partial charge in [0.05, 0.1) is 0 Å². The molecule has 1 spiro atoms. The maximum Gasteiger partial charge on any atom is 0.324 e. The number of imide groups is 1. The molecule has 1 aliphatic carbocycles. The number of likely N-dealkylation sites (tertiary alicyclic amines) is 1. The van der Waals surface area contributed by atoms with E-state index in [0.29, 0.717) is 25.9 Å². The van der Waals surface area contributed by atoms with Gasteiger partial charge in [-0.15, -0.1) is 0 Å². The Morgan fingerprint density at radius 3 is 2.46 bits per heavy atom. The normalized spacial score (nSPS) is 30.6. The van der Waals surface area contributed by atoms with Crippen molar-refractivity contribution in [3.63, 3.8) is 0 Å². The van der Waals surface area contributed by atoms with Gasteiger partial charge in [0.15, 0.2) is 0 Å². The summed E-state index contributed by atoms with van der Waals surface area (Å²) in [4.78, 5) is 39.1. The van der Waals surface area contributed by atoms with Crippen LogP contribution in [0.5, 0.6) is 0 Å². The van der Waals surface area contributed by atoms with E-state index >= 15 is 0 Å². The summed E-state index contributed by atoms with van der Waals surface area (Å²) in [5.74, 6) is -0.211. The lowest BCUT2D eigenvalue weighted by atomic mass is 9.87. The highest BCUT2D eigenvalue weighted by atomic mass is 32.2. The van der Waals surface area contributed by atoms with Gasteiger partial charge in [0.2, 0.25) is 0 Å². The summed E-state index contributed by atoms with van der Waals surface area (Å²) >= 11 is 0. The van der Waals surface area contributed by atoms with E-state index in [1.165, 1.54) is 7.05 Å². The quantitative estimate of drug-likeness (QED) is 0.681. The number of likely N-dealkylation sites (N-methyl/N-ethyl adjacent to an activating group) is 1. The Morgan fingerprint density at radius 2 is 1.96 bits per heavy atom. The molecule has 0 aromatic carbocycles. The summed E-state index contributed by atoms with van der Waals surface area (Å²) in [6, 6.07) is -0.439. The van der Waals surface area contributed by atoms with Gasteiger partial charge < -0.3 is 15.5 Å². The highest BCUT2D eigenvalue weighted by Gasteiger charge is 2.51. The number of carbonyl (C=O) groups is 3. The van der Waals surface area contributed by atoms with Gasteiger partial charge in [-0.2, -0.15) is 0 Å². The summed E-state index contributed by atoms with van der Waals surface area (Å²) in [5.41, 5.74) is -0.847. The lowest BCUT2D eigenvalue weighted by Crippen LogP contribution is -2.57. The molecule has 0 aromatic rings. The van der Waals surface area contributed by atoms with E-state index < -0.39 is 16.3 Å². The van der Waals surface area contributed by atoms with E-state index in [1.54, 1.807) is 11.2 Å². The van der Waals surface area contributed by atoms with Crippen LogP contribution < -0.4 is 10.6 Å². The predicted octanol–water partition coefficient (Wildman–Crippen LogP) is 0.0118. The lowest BCUT2D eigenvalue weighted by molar-refractivity contribution is -0.131. The molecule has 2 N–H and O–H groups in total. The standard InChI is InChI=1S/C15H24N4O4S/c1-18-12(20)15(17-14(18)22)5-7-19(8-6-15)13(21)16-10-3-4-11(9-10)24(2)23/h10-11H,3-9H2,1-2H3,(H,16,21)(H,17,22). The molecule has 2 aliphatic heterocycles. The van der Waals surface area contributed by atoms with Crippen LogP contribution >= 0.6 is 0 Å². The second-order valence-electron chi connectivity index (χ2n) is 6.94. The number of amides is 5. The van der Waals surface area contributed by atoms with Gasteiger partial charge in [-0.05, 0) is 32.1 Å². The SMILES string of the molecule is CN1C(=O)NC2(CCN(C(=O)NC3CCC(S(C)=O)C3)CC2)C1=O. The van der Waals surface area contributed by atoms with Gasteiger partial charge in [-0.3, -0.25) is 13.9 Å². The molecule has 3 unspecified atom stereocenters. The Morgan fingerprint density at radius 1 is 1.29 bits per heavy atom. The third-order valence-corrected chi connectivity index (χ3v) is 6.82. The summed E-state index contributed by atoms with van der Waals surface area (Å²) in [6.07, 6.45) is 5.06. The van der Waals surface area contributed by atoms with E-state index in [0.717, 1.165) is 24.2 Å². The fourth-order valence-corrected chi connectivity index (χ4v) is 4.80. The molecule has 3 rings (SSSR count). The molecule has 5 amide bonds. The minimum Gasteiger partial charge on any atom is -0.335 e. The Hall–Kier alpha value is -1.64. The summed E-state index contributed by atoms with van der Waals surface area (Å²) < 4.78 is 11.5. The fraction of sp³-hybridized carbons (Fsp3) is 0.800. The first kappa shape index (κ1) is 17.2. The molecular formula is C15H24N4O4S. The molecule has 3 fully saturated rings. The van der Waals surface area contributed by atoms with Gasteiger partial charge in [-0.25, -0.2) is 9.59 Å². The first-order valence-corrected chi connectivity index (χ1v) is 9.92. The van der Waals surface area contributed by atoms with Crippen LogP contribution in [0.2, 0.25) is 0 Å². The van der Waals surface area contributed by atoms with E-state index in [-0.39, 0.29) is 29.3 Å². The molecule has 8 nitrogen and oxygen atoms in total. The summed E-state index contributed by atoms with van der Waals surface area (Å²) in [5, 5.41) is 5.94. The number of hydrogen-bond donors (Lipinski definition) is 2. The second kappa shape index (κ2) is 6.34. The van der Waals surface area contributed by atoms with Crippen molar-refractivity contribution >= 4 is 28.8 Å². The molecule has 3 aliphatic rings. The first-order valence-electron chi connectivity index (χ1n) is 8.30. The van der Waals surface area contributed by atoms with E-state index in [2.05, 4.69) is 10.6 Å². The van der Waals surface area contributed by atoms with Crippen molar-refractivity contribution in [2.45, 2.75) is 48.9 Å². The van der Waals surface area contributed by atoms with Crippen LogP contribution in [0.15, 0.2) is 0 Å². The van der Waals surface area contributed by atoms with Crippen molar-refractivity contribution < 1.29 is 18.6 Å². The Labute approximate surface area is 143 Å². The smallest absolute Gasteiger partial charge is 0.324 e. The van der Waals surface area contributed by atoms with Crippen molar-refractivity contribution in [3.8, 4) is 0 Å². The molecule has 3 atom stereocenters. The molecule has 0 bridgehead atoms. The molecule has 134 valence electrons. The van der Waals surface area contributed by atoms with Crippen LogP contribution in [0, 0.1) is 0 Å². The second-order valence-corrected chi connectivity index (χ2v) is 8.61. The van der Waals surface area contributed by atoms with Crippen molar-refractivity contribution in [1.29, 1.82) is 0 Å². The third-order valence-electron chi connectivity index (χ3n) is 5.45. The lowest BCUT2D eigenvalue weighted by Gasteiger charge is -2.37. The zero-order valence-electron chi connectivity index (χ0n) is 14.0. The molecule has 9 heteroatoms. The molecule has 1 saturated carbocycles. The molecule has 0 aromatic heterocycles. The number of nitrogens with one attached hydrogen (secondary N) is 2. The van der Waals surface area contributed by atoms with Crippen LogP contribution in [0.25, 0.3) is 0 Å². The largest absolute Gasteiger partial charge is 0.335 e. The average Bonchev–Trinajstić information content (AvgIpc) is 3.09. The van der Waals surface area contributed by atoms with Gasteiger partial charge in [0, 0.05) is 48.5 Å². The molecule has 24 heavy (non-hydrogen) atoms. The summed E-state index contributed by atoms with van der Waals surface area (Å²) in [6.45, 7) is 0.864. The monoisotopic (exact) mass is 356 g/mol. The number of hydrogen-bond acceptors (Lipinski definition) is 4. The van der Waals surface area contributed by atoms with Gasteiger partial charge in [0.1, 0.15) is 5.54 Å². The third kappa shape index (κ3) is 3.01. The zero-order chi connectivity index (χ0) is 17.5. The van der Waals surface area contributed by atoms with Crippen LogP contribution in [-0.2, 0) is 15.6 Å². The Kier molecular flexibility index (Phi) is 4.54. The number of rotatable bonds is 2. The fourth-order valence-electron chi connectivity index (χ4n) is 3.82. The average molecular weight is 356 g/mol. The van der Waals surface area contributed by atoms with Gasteiger partial charge in [-0.1, -0.05) is 0 Å². The number of carbonyl (C=O) groups excluding carboxylic acids is 3. The van der Waals surface area contributed by atoms with Crippen LogP contribution in [0.3, 0.4) is 0 Å². The van der Waals surface area contributed by atoms with Crippen molar-refractivity contribution in [3.05, 3.63) is 0 Å². The van der Waals surface area contributed by atoms with Crippen molar-refractivity contribution in [2.75, 3.05) is 26.4 Å². The van der Waals surface area contributed by atoms with Crippen molar-refractivity contribution in [2.24, 2.45) is 0 Å². The zero-order valence-corrected chi connectivity index (χ0v) is 14.9. The number of piperidine rings is 1. The Balaban J connectivity index is 1.52. The van der Waals surface area contributed by atoms with Crippen LogP contribution in [0.1, 0.15) is 32.1 Å². The van der Waals surface area contributed by atoms with Gasteiger partial charge in [0.25, 0.3) is 5.91 Å². The Bertz CT molecular complexity index is 588. The maximum absolute atomic E-state index is 12.4. The highest BCUT2D eigenvalue weighted by molar-refractivity contribution is 7.84. The summed E-state index contributed by atoms with van der Waals surface area (Å²) in [7, 11) is 0.627. The molecule has 2 heterocycles. The van der Waals surface area contributed by atoms with E-state index in [1.807, 2.05) is 0 Å². The number of urea groups is 2. The van der Waals surface area contributed by atoms with E-state index in [4.69, 9.17) is 0 Å². The highest BCUT2D eigenvalue weighted by Crippen LogP contribution is 2.29. The van der Waals surface area contributed by atoms with Gasteiger partial charge >= 0.3 is 12.1 Å². The van der Waals surface area contributed by atoms with E-state index in [9.17, 15) is 18.6 Å². The molecule has 0 radical (unpaired) electrons. The minimum atomic E-state index is -0.847. The maximum atomic E-state index is 12.4. The molecular weight excluding hydrogens is 332 g/mol. The topological polar surface area (TPSA) is 98.8 Å². The molecule has 2 saturated heterocycles. The van der Waals surface area contributed by atoms with Crippen LogP contribution in [-0.4, -0.2) is 75.2 Å².